The minimum Gasteiger partial charge on any atom is -0.421 e. The number of benzene rings is 1. The van der Waals surface area contributed by atoms with Crippen LogP contribution < -0.4 is 16.2 Å². The summed E-state index contributed by atoms with van der Waals surface area (Å²) in [4.78, 5) is 35.8. The SMILES string of the molecule is C[C@H]1c2c(Cl)cc(Cl)cc2CCN1C(=O)[C@H]1CN(c2c[nH]c(=O)c3nc(N)oc23)CCO1. The van der Waals surface area contributed by atoms with Gasteiger partial charge in [0.05, 0.1) is 24.9 Å². The van der Waals surface area contributed by atoms with Crippen molar-refractivity contribution in [3.63, 3.8) is 0 Å². The van der Waals surface area contributed by atoms with E-state index in [2.05, 4.69) is 9.97 Å². The number of anilines is 2. The first kappa shape index (κ1) is 21.1. The molecule has 2 aliphatic rings. The number of oxazole rings is 1. The number of carbonyl (C=O) groups is 1. The molecule has 0 radical (unpaired) electrons. The van der Waals surface area contributed by atoms with Crippen molar-refractivity contribution in [3.8, 4) is 0 Å². The highest BCUT2D eigenvalue weighted by Crippen LogP contribution is 2.37. The van der Waals surface area contributed by atoms with Crippen LogP contribution in [0.5, 0.6) is 0 Å². The Balaban J connectivity index is 1.40. The van der Waals surface area contributed by atoms with E-state index in [1.165, 1.54) is 0 Å². The number of H-pyrrole nitrogens is 1. The van der Waals surface area contributed by atoms with Gasteiger partial charge in [0, 0.05) is 29.3 Å². The normalized spacial score (nSPS) is 21.1. The average Bonchev–Trinajstić information content (AvgIpc) is 3.15. The van der Waals surface area contributed by atoms with Crippen LogP contribution in [-0.2, 0) is 16.0 Å². The van der Waals surface area contributed by atoms with Crippen molar-refractivity contribution in [1.82, 2.24) is 14.9 Å². The lowest BCUT2D eigenvalue weighted by molar-refractivity contribution is -0.147. The quantitative estimate of drug-likeness (QED) is 0.582. The van der Waals surface area contributed by atoms with Crippen molar-refractivity contribution >= 4 is 51.9 Å². The van der Waals surface area contributed by atoms with Gasteiger partial charge < -0.3 is 29.7 Å². The number of amides is 1. The number of ether oxygens (including phenoxy) is 1. The van der Waals surface area contributed by atoms with Crippen LogP contribution in [0.1, 0.15) is 24.1 Å². The Morgan fingerprint density at radius 3 is 2.94 bits per heavy atom. The van der Waals surface area contributed by atoms with Gasteiger partial charge in [-0.3, -0.25) is 9.59 Å². The molecule has 9 nitrogen and oxygen atoms in total. The number of nitrogen functional groups attached to an aromatic ring is 1. The molecule has 3 aromatic rings. The molecular formula is C21H21Cl2N5O4. The highest BCUT2D eigenvalue weighted by Gasteiger charge is 2.36. The Labute approximate surface area is 193 Å². The Morgan fingerprint density at radius 1 is 1.31 bits per heavy atom. The maximum absolute atomic E-state index is 13.4. The maximum atomic E-state index is 13.4. The number of morpholine rings is 1. The third-order valence-corrected chi connectivity index (χ3v) is 6.62. The van der Waals surface area contributed by atoms with Crippen LogP contribution in [0.15, 0.2) is 27.5 Å². The summed E-state index contributed by atoms with van der Waals surface area (Å²) in [5.41, 5.74) is 8.28. The molecule has 2 atom stereocenters. The fraction of sp³-hybridized carbons (Fsp3) is 0.381. The van der Waals surface area contributed by atoms with E-state index in [-0.39, 0.29) is 29.0 Å². The molecule has 0 bridgehead atoms. The van der Waals surface area contributed by atoms with E-state index in [4.69, 9.17) is 38.1 Å². The minimum atomic E-state index is -0.680. The minimum absolute atomic E-state index is 0.0865. The molecule has 32 heavy (non-hydrogen) atoms. The van der Waals surface area contributed by atoms with E-state index in [1.54, 1.807) is 17.2 Å². The summed E-state index contributed by atoms with van der Waals surface area (Å²) in [6.45, 7) is 3.67. The molecule has 1 fully saturated rings. The highest BCUT2D eigenvalue weighted by molar-refractivity contribution is 6.35. The standard InChI is InChI=1S/C21H21Cl2N5O4/c1-10-16-11(6-12(22)7-13(16)23)2-3-28(10)20(30)15-9-27(4-5-31-15)14-8-25-19(29)17-18(14)32-21(24)26-17/h6-8,10,15H,2-5,9H2,1H3,(H2,24,26)(H,25,29)/t10-,15+/m0/s1. The highest BCUT2D eigenvalue weighted by atomic mass is 35.5. The van der Waals surface area contributed by atoms with E-state index in [1.807, 2.05) is 17.9 Å². The smallest absolute Gasteiger partial charge is 0.293 e. The Morgan fingerprint density at radius 2 is 2.12 bits per heavy atom. The largest absolute Gasteiger partial charge is 0.421 e. The number of pyridine rings is 1. The molecule has 3 N–H and O–H groups in total. The number of fused-ring (bicyclic) bond motifs is 2. The molecule has 1 saturated heterocycles. The van der Waals surface area contributed by atoms with Crippen LogP contribution in [-0.4, -0.2) is 53.1 Å². The molecule has 0 spiro atoms. The molecule has 0 aliphatic carbocycles. The average molecular weight is 478 g/mol. The summed E-state index contributed by atoms with van der Waals surface area (Å²) in [6.07, 6.45) is 1.53. The van der Waals surface area contributed by atoms with Gasteiger partial charge in [0.1, 0.15) is 0 Å². The predicted molar refractivity (Wildman–Crippen MR) is 121 cm³/mol. The number of rotatable bonds is 2. The molecule has 4 heterocycles. The number of hydrogen-bond donors (Lipinski definition) is 2. The van der Waals surface area contributed by atoms with Crippen molar-refractivity contribution in [2.24, 2.45) is 0 Å². The van der Waals surface area contributed by atoms with Crippen LogP contribution in [0.4, 0.5) is 11.7 Å². The topological polar surface area (TPSA) is 118 Å². The van der Waals surface area contributed by atoms with Crippen molar-refractivity contribution in [2.75, 3.05) is 36.9 Å². The van der Waals surface area contributed by atoms with Crippen LogP contribution in [0.3, 0.4) is 0 Å². The molecule has 1 aromatic carbocycles. The zero-order chi connectivity index (χ0) is 22.6. The summed E-state index contributed by atoms with van der Waals surface area (Å²) in [5, 5.41) is 1.15. The van der Waals surface area contributed by atoms with Crippen LogP contribution in [0, 0.1) is 0 Å². The summed E-state index contributed by atoms with van der Waals surface area (Å²) >= 11 is 12.6. The van der Waals surface area contributed by atoms with Gasteiger partial charge in [-0.1, -0.05) is 23.2 Å². The van der Waals surface area contributed by atoms with Gasteiger partial charge in [-0.25, -0.2) is 0 Å². The van der Waals surface area contributed by atoms with Crippen LogP contribution >= 0.6 is 23.2 Å². The Bertz CT molecular complexity index is 1270. The zero-order valence-electron chi connectivity index (χ0n) is 17.2. The van der Waals surface area contributed by atoms with E-state index >= 15 is 0 Å². The van der Waals surface area contributed by atoms with Gasteiger partial charge in [0.15, 0.2) is 17.2 Å². The van der Waals surface area contributed by atoms with E-state index in [9.17, 15) is 9.59 Å². The summed E-state index contributed by atoms with van der Waals surface area (Å²) in [6, 6.07) is 3.32. The van der Waals surface area contributed by atoms with Gasteiger partial charge in [-0.15, -0.1) is 0 Å². The van der Waals surface area contributed by atoms with Crippen molar-refractivity contribution in [3.05, 3.63) is 49.9 Å². The number of carbonyl (C=O) groups excluding carboxylic acids is 1. The summed E-state index contributed by atoms with van der Waals surface area (Å²) in [7, 11) is 0. The van der Waals surface area contributed by atoms with E-state index in [0.717, 1.165) is 11.1 Å². The number of nitrogens with zero attached hydrogens (tertiary/aromatic N) is 3. The molecule has 1 amide bonds. The Kier molecular flexibility index (Phi) is 5.27. The van der Waals surface area contributed by atoms with Gasteiger partial charge in [-0.05, 0) is 36.6 Å². The van der Waals surface area contributed by atoms with Gasteiger partial charge in [-0.2, -0.15) is 4.98 Å². The molecule has 168 valence electrons. The zero-order valence-corrected chi connectivity index (χ0v) is 18.7. The fourth-order valence-electron chi connectivity index (χ4n) is 4.57. The fourth-order valence-corrected chi connectivity index (χ4v) is 5.27. The Hall–Kier alpha value is -2.75. The molecule has 11 heteroatoms. The van der Waals surface area contributed by atoms with E-state index in [0.29, 0.717) is 54.0 Å². The number of nitrogens with one attached hydrogen (secondary N) is 1. The van der Waals surface area contributed by atoms with E-state index < -0.39 is 6.10 Å². The summed E-state index contributed by atoms with van der Waals surface area (Å²) < 4.78 is 11.3. The lowest BCUT2D eigenvalue weighted by Crippen LogP contribution is -2.53. The number of aromatic amines is 1. The second kappa shape index (κ2) is 7.99. The molecule has 2 aromatic heterocycles. The third kappa shape index (κ3) is 3.50. The van der Waals surface area contributed by atoms with Crippen molar-refractivity contribution in [1.29, 1.82) is 0 Å². The third-order valence-electron chi connectivity index (χ3n) is 6.08. The second-order valence-electron chi connectivity index (χ2n) is 7.96. The van der Waals surface area contributed by atoms with Crippen molar-refractivity contribution in [2.45, 2.75) is 25.5 Å². The first-order chi connectivity index (χ1) is 15.3. The molecule has 0 saturated carbocycles. The van der Waals surface area contributed by atoms with Crippen molar-refractivity contribution < 1.29 is 13.9 Å². The lowest BCUT2D eigenvalue weighted by Gasteiger charge is -2.40. The first-order valence-corrected chi connectivity index (χ1v) is 11.0. The van der Waals surface area contributed by atoms with Gasteiger partial charge in [0.2, 0.25) is 0 Å². The number of hydrogen-bond acceptors (Lipinski definition) is 7. The first-order valence-electron chi connectivity index (χ1n) is 10.3. The number of aromatic nitrogens is 2. The number of nitrogens with two attached hydrogens (primary N) is 1. The van der Waals surface area contributed by atoms with Crippen LogP contribution in [0.25, 0.3) is 11.1 Å². The van der Waals surface area contributed by atoms with Gasteiger partial charge in [0.25, 0.3) is 17.5 Å². The lowest BCUT2D eigenvalue weighted by atomic mass is 9.93. The second-order valence-corrected chi connectivity index (χ2v) is 8.80. The predicted octanol–water partition coefficient (Wildman–Crippen LogP) is 2.76. The van der Waals surface area contributed by atoms with Crippen LogP contribution in [0.2, 0.25) is 10.0 Å². The monoisotopic (exact) mass is 477 g/mol. The molecule has 5 rings (SSSR count). The number of halogens is 2. The summed E-state index contributed by atoms with van der Waals surface area (Å²) in [5.74, 6) is -0.114. The maximum Gasteiger partial charge on any atom is 0.293 e. The van der Waals surface area contributed by atoms with Gasteiger partial charge >= 0.3 is 0 Å². The molecular weight excluding hydrogens is 457 g/mol. The molecule has 2 aliphatic heterocycles. The molecule has 0 unspecified atom stereocenters.